The number of carbonyl (C=O) groups excluding carboxylic acids is 3. The highest BCUT2D eigenvalue weighted by Gasteiger charge is 2.38. The Morgan fingerprint density at radius 3 is 2.25 bits per heavy atom. The maximum atomic E-state index is 12.6. The van der Waals surface area contributed by atoms with E-state index >= 15 is 0 Å². The number of benzene rings is 1. The lowest BCUT2D eigenvalue weighted by molar-refractivity contribution is -0.130. The Kier molecular flexibility index (Phi) is 3.84. The first-order chi connectivity index (χ1) is 11.6. The number of carbonyl (C=O) groups is 3. The molecular weight excluding hydrogens is 306 g/mol. The van der Waals surface area contributed by atoms with Crippen LogP contribution in [0.5, 0.6) is 0 Å². The summed E-state index contributed by atoms with van der Waals surface area (Å²) in [6, 6.07) is 7.17. The molecule has 3 amide bonds. The molecule has 2 saturated heterocycles. The van der Waals surface area contributed by atoms with Crippen molar-refractivity contribution in [3.8, 4) is 0 Å². The van der Waals surface area contributed by atoms with Crippen LogP contribution in [0.2, 0.25) is 0 Å². The van der Waals surface area contributed by atoms with Crippen LogP contribution < -0.4 is 0 Å². The number of fused-ring (bicyclic) bond motifs is 1. The van der Waals surface area contributed by atoms with E-state index in [2.05, 4.69) is 4.90 Å². The molecule has 4 rings (SSSR count). The van der Waals surface area contributed by atoms with Crippen molar-refractivity contribution < 1.29 is 14.4 Å². The van der Waals surface area contributed by atoms with E-state index in [1.165, 1.54) is 12.8 Å². The van der Waals surface area contributed by atoms with Crippen LogP contribution in [0.15, 0.2) is 24.3 Å². The van der Waals surface area contributed by atoms with Crippen LogP contribution in [-0.2, 0) is 4.79 Å². The van der Waals surface area contributed by atoms with Gasteiger partial charge in [0.05, 0.1) is 11.1 Å². The van der Waals surface area contributed by atoms with Gasteiger partial charge in [0.15, 0.2) is 0 Å². The first-order valence-electron chi connectivity index (χ1n) is 8.62. The van der Waals surface area contributed by atoms with Gasteiger partial charge in [0.2, 0.25) is 5.91 Å². The zero-order chi connectivity index (χ0) is 16.7. The van der Waals surface area contributed by atoms with Gasteiger partial charge in [0, 0.05) is 19.1 Å². The smallest absolute Gasteiger partial charge is 0.262 e. The number of hydrogen-bond donors (Lipinski definition) is 0. The Morgan fingerprint density at radius 2 is 1.62 bits per heavy atom. The third kappa shape index (κ3) is 2.51. The Morgan fingerprint density at radius 1 is 1.00 bits per heavy atom. The molecule has 0 saturated carbocycles. The van der Waals surface area contributed by atoms with Gasteiger partial charge in [-0.15, -0.1) is 0 Å². The monoisotopic (exact) mass is 327 g/mol. The summed E-state index contributed by atoms with van der Waals surface area (Å²) in [6.07, 6.45) is 3.45. The van der Waals surface area contributed by atoms with Crippen molar-refractivity contribution >= 4 is 17.7 Å². The molecule has 0 aliphatic carbocycles. The van der Waals surface area contributed by atoms with Crippen molar-refractivity contribution in [3.63, 3.8) is 0 Å². The summed E-state index contributed by atoms with van der Waals surface area (Å²) in [5.41, 5.74) is 0.790. The highest BCUT2D eigenvalue weighted by atomic mass is 16.2. The molecule has 3 aliphatic heterocycles. The second-order valence-corrected chi connectivity index (χ2v) is 6.77. The van der Waals surface area contributed by atoms with Gasteiger partial charge in [-0.25, -0.2) is 0 Å². The fourth-order valence-electron chi connectivity index (χ4n) is 3.99. The molecule has 1 unspecified atom stereocenters. The molecule has 0 N–H and O–H groups in total. The molecule has 126 valence electrons. The van der Waals surface area contributed by atoms with E-state index in [1.54, 1.807) is 29.2 Å². The first-order valence-corrected chi connectivity index (χ1v) is 8.62. The molecule has 0 spiro atoms. The van der Waals surface area contributed by atoms with Gasteiger partial charge in [-0.2, -0.15) is 0 Å². The Balaban J connectivity index is 1.40. The minimum atomic E-state index is -0.362. The molecule has 1 atom stereocenters. The zero-order valence-electron chi connectivity index (χ0n) is 13.6. The molecular formula is C18H21N3O3. The van der Waals surface area contributed by atoms with Crippen molar-refractivity contribution in [1.82, 2.24) is 14.7 Å². The number of hydrogen-bond acceptors (Lipinski definition) is 4. The van der Waals surface area contributed by atoms with Gasteiger partial charge in [0.25, 0.3) is 11.8 Å². The first kappa shape index (κ1) is 15.3. The number of likely N-dealkylation sites (tertiary alicyclic amines) is 2. The minimum absolute atomic E-state index is 0.133. The fourth-order valence-corrected chi connectivity index (χ4v) is 3.99. The quantitative estimate of drug-likeness (QED) is 0.777. The third-order valence-electron chi connectivity index (χ3n) is 5.34. The summed E-state index contributed by atoms with van der Waals surface area (Å²) in [5, 5.41) is 0. The Bertz CT molecular complexity index is 662. The summed E-state index contributed by atoms with van der Waals surface area (Å²) in [6.45, 7) is 3.50. The van der Waals surface area contributed by atoms with Gasteiger partial charge >= 0.3 is 0 Å². The number of amides is 3. The van der Waals surface area contributed by atoms with E-state index in [-0.39, 0.29) is 24.3 Å². The molecule has 2 fully saturated rings. The number of nitrogens with zero attached hydrogens (tertiary/aromatic N) is 3. The third-order valence-corrected chi connectivity index (χ3v) is 5.34. The summed E-state index contributed by atoms with van der Waals surface area (Å²) in [5.74, 6) is -0.857. The zero-order valence-corrected chi connectivity index (χ0v) is 13.6. The van der Waals surface area contributed by atoms with Crippen molar-refractivity contribution in [2.24, 2.45) is 0 Å². The van der Waals surface area contributed by atoms with E-state index in [0.717, 1.165) is 24.4 Å². The highest BCUT2D eigenvalue weighted by Crippen LogP contribution is 2.24. The molecule has 6 heteroatoms. The van der Waals surface area contributed by atoms with E-state index in [9.17, 15) is 14.4 Å². The van der Waals surface area contributed by atoms with E-state index in [1.807, 2.05) is 0 Å². The van der Waals surface area contributed by atoms with Gasteiger partial charge in [0.1, 0.15) is 6.54 Å². The van der Waals surface area contributed by atoms with Crippen LogP contribution in [0.3, 0.4) is 0 Å². The maximum Gasteiger partial charge on any atom is 0.262 e. The van der Waals surface area contributed by atoms with Crippen LogP contribution in [0.25, 0.3) is 0 Å². The van der Waals surface area contributed by atoms with Crippen LogP contribution in [0, 0.1) is 0 Å². The van der Waals surface area contributed by atoms with Gasteiger partial charge < -0.3 is 4.90 Å². The standard InChI is InChI=1S/C18H21N3O3/c22-16(20-10-7-13(11-20)19-8-3-4-9-19)12-21-17(23)14-5-1-2-6-15(14)18(21)24/h1-2,5-6,13H,3-4,7-12H2. The van der Waals surface area contributed by atoms with Gasteiger partial charge in [-0.3, -0.25) is 24.2 Å². The van der Waals surface area contributed by atoms with Crippen molar-refractivity contribution in [3.05, 3.63) is 35.4 Å². The maximum absolute atomic E-state index is 12.6. The largest absolute Gasteiger partial charge is 0.340 e. The summed E-state index contributed by atoms with van der Waals surface area (Å²) < 4.78 is 0. The lowest BCUT2D eigenvalue weighted by Crippen LogP contribution is -2.43. The molecule has 0 aromatic heterocycles. The molecule has 3 aliphatic rings. The summed E-state index contributed by atoms with van der Waals surface area (Å²) >= 11 is 0. The predicted octanol–water partition coefficient (Wildman–Crippen LogP) is 0.979. The van der Waals surface area contributed by atoms with Gasteiger partial charge in [-0.1, -0.05) is 12.1 Å². The Hall–Kier alpha value is -2.21. The molecule has 0 bridgehead atoms. The molecule has 1 aromatic rings. The Labute approximate surface area is 141 Å². The van der Waals surface area contributed by atoms with Crippen LogP contribution in [0.1, 0.15) is 40.0 Å². The van der Waals surface area contributed by atoms with Crippen LogP contribution in [0.4, 0.5) is 0 Å². The van der Waals surface area contributed by atoms with Crippen LogP contribution >= 0.6 is 0 Å². The second-order valence-electron chi connectivity index (χ2n) is 6.77. The topological polar surface area (TPSA) is 60.9 Å². The van der Waals surface area contributed by atoms with E-state index in [0.29, 0.717) is 30.3 Å². The predicted molar refractivity (Wildman–Crippen MR) is 87.6 cm³/mol. The molecule has 3 heterocycles. The normalized spacial score (nSPS) is 24.1. The SMILES string of the molecule is O=C(CN1C(=O)c2ccccc2C1=O)N1CCC(N2CCCC2)C1. The second kappa shape index (κ2) is 6.02. The van der Waals surface area contributed by atoms with Crippen molar-refractivity contribution in [1.29, 1.82) is 0 Å². The lowest BCUT2D eigenvalue weighted by atomic mass is 10.1. The van der Waals surface area contributed by atoms with Crippen molar-refractivity contribution in [2.75, 3.05) is 32.7 Å². The minimum Gasteiger partial charge on any atom is -0.340 e. The summed E-state index contributed by atoms with van der Waals surface area (Å²) in [4.78, 5) is 42.6. The fraction of sp³-hybridized carbons (Fsp3) is 0.500. The van der Waals surface area contributed by atoms with E-state index < -0.39 is 0 Å². The average Bonchev–Trinajstić information content (AvgIpc) is 3.32. The van der Waals surface area contributed by atoms with Crippen LogP contribution in [-0.4, -0.2) is 71.2 Å². The lowest BCUT2D eigenvalue weighted by Gasteiger charge is -2.24. The summed E-state index contributed by atoms with van der Waals surface area (Å²) in [7, 11) is 0. The van der Waals surface area contributed by atoms with E-state index in [4.69, 9.17) is 0 Å². The molecule has 6 nitrogen and oxygen atoms in total. The van der Waals surface area contributed by atoms with Crippen molar-refractivity contribution in [2.45, 2.75) is 25.3 Å². The average molecular weight is 327 g/mol. The number of rotatable bonds is 3. The highest BCUT2D eigenvalue weighted by molar-refractivity contribution is 6.22. The van der Waals surface area contributed by atoms with Gasteiger partial charge in [-0.05, 0) is 44.5 Å². The molecule has 0 radical (unpaired) electrons. The number of imide groups is 1. The molecule has 24 heavy (non-hydrogen) atoms. The molecule has 1 aromatic carbocycles.